The molecule has 0 aromatic carbocycles. The van der Waals surface area contributed by atoms with Gasteiger partial charge in [-0.25, -0.2) is 10.6 Å². The van der Waals surface area contributed by atoms with E-state index in [1.165, 1.54) is 0 Å². The van der Waals surface area contributed by atoms with Crippen LogP contribution in [0.1, 0.15) is 0 Å². The molecule has 2 aromatic rings. The van der Waals surface area contributed by atoms with E-state index in [-0.39, 0.29) is 16.8 Å². The number of anilines is 1. The third-order valence-corrected chi connectivity index (χ3v) is 1.66. The highest BCUT2D eigenvalue weighted by atomic mass is 35.5. The van der Waals surface area contributed by atoms with Gasteiger partial charge in [-0.05, 0) is 11.6 Å². The van der Waals surface area contributed by atoms with Crippen LogP contribution in [-0.2, 0) is 0 Å². The van der Waals surface area contributed by atoms with E-state index in [1.54, 1.807) is 0 Å². The predicted molar refractivity (Wildman–Crippen MR) is 47.3 cm³/mol. The Kier molecular flexibility index (Phi) is 1.67. The van der Waals surface area contributed by atoms with Crippen LogP contribution in [0.3, 0.4) is 0 Å². The molecule has 0 saturated carbocycles. The fourth-order valence-electron chi connectivity index (χ4n) is 0.999. The van der Waals surface area contributed by atoms with Crippen LogP contribution in [0.25, 0.3) is 11.2 Å². The summed E-state index contributed by atoms with van der Waals surface area (Å²) in [5.74, 6) is 5.43. The van der Waals surface area contributed by atoms with E-state index in [2.05, 4.69) is 25.4 Å². The zero-order chi connectivity index (χ0) is 9.42. The summed E-state index contributed by atoms with van der Waals surface area (Å²) in [5.41, 5.74) is 2.63. The minimum atomic E-state index is -0.386. The average molecular weight is 201 g/mol. The first kappa shape index (κ1) is 8.02. The summed E-state index contributed by atoms with van der Waals surface area (Å²) in [4.78, 5) is 23.3. The number of aromatic amines is 2. The van der Waals surface area contributed by atoms with Gasteiger partial charge in [0.2, 0.25) is 5.28 Å². The Hall–Kier alpha value is -1.60. The topological polar surface area (TPSA) is 112 Å². The van der Waals surface area contributed by atoms with E-state index < -0.39 is 0 Å². The van der Waals surface area contributed by atoms with Crippen molar-refractivity contribution in [3.8, 4) is 0 Å². The molecule has 0 aliphatic rings. The molecule has 0 aliphatic carbocycles. The van der Waals surface area contributed by atoms with Crippen LogP contribution < -0.4 is 17.0 Å². The third kappa shape index (κ3) is 1.23. The van der Waals surface area contributed by atoms with Gasteiger partial charge in [0.15, 0.2) is 11.5 Å². The van der Waals surface area contributed by atoms with E-state index >= 15 is 0 Å². The second-order valence-electron chi connectivity index (χ2n) is 2.29. The van der Waals surface area contributed by atoms with Crippen LogP contribution in [0.2, 0.25) is 5.28 Å². The molecule has 0 unspecified atom stereocenters. The zero-order valence-corrected chi connectivity index (χ0v) is 7.01. The Morgan fingerprint density at radius 2 is 2.15 bits per heavy atom. The minimum Gasteiger partial charge on any atom is -0.307 e. The summed E-state index contributed by atoms with van der Waals surface area (Å²) in [7, 11) is 0. The molecule has 0 bridgehead atoms. The number of nitrogens with one attached hydrogen (secondary N) is 3. The highest BCUT2D eigenvalue weighted by Gasteiger charge is 2.07. The van der Waals surface area contributed by atoms with Gasteiger partial charge in [-0.15, -0.1) is 0 Å². The fourth-order valence-corrected chi connectivity index (χ4v) is 1.17. The van der Waals surface area contributed by atoms with Crippen molar-refractivity contribution in [2.75, 3.05) is 5.43 Å². The number of hydrogen-bond acceptors (Lipinski definition) is 5. The molecule has 2 heterocycles. The maximum absolute atomic E-state index is 10.9. The lowest BCUT2D eigenvalue weighted by Gasteiger charge is -1.98. The Morgan fingerprint density at radius 3 is 2.85 bits per heavy atom. The maximum Gasteiger partial charge on any atom is 0.325 e. The molecule has 0 atom stereocenters. The van der Waals surface area contributed by atoms with Gasteiger partial charge in [0.1, 0.15) is 5.52 Å². The highest BCUT2D eigenvalue weighted by Crippen LogP contribution is 2.15. The largest absolute Gasteiger partial charge is 0.325 e. The summed E-state index contributed by atoms with van der Waals surface area (Å²) >= 11 is 5.56. The molecule has 13 heavy (non-hydrogen) atoms. The van der Waals surface area contributed by atoms with Crippen molar-refractivity contribution in [3.05, 3.63) is 15.8 Å². The van der Waals surface area contributed by atoms with E-state index in [4.69, 9.17) is 17.4 Å². The number of hydrogen-bond donors (Lipinski definition) is 4. The average Bonchev–Trinajstić information content (AvgIpc) is 2.43. The van der Waals surface area contributed by atoms with Crippen molar-refractivity contribution in [1.82, 2.24) is 19.9 Å². The molecule has 0 fully saturated rings. The van der Waals surface area contributed by atoms with Gasteiger partial charge < -0.3 is 10.4 Å². The standard InChI is InChI=1S/C5H5ClN6O/c6-4-9-2-1(3(10-4)12-7)8-5(13)11-2/h7H2,(H3,8,9,10,11,12,13). The summed E-state index contributed by atoms with van der Waals surface area (Å²) in [6, 6.07) is 0. The van der Waals surface area contributed by atoms with Crippen molar-refractivity contribution < 1.29 is 0 Å². The van der Waals surface area contributed by atoms with Gasteiger partial charge >= 0.3 is 5.69 Å². The number of rotatable bonds is 1. The molecule has 0 saturated heterocycles. The molecule has 68 valence electrons. The van der Waals surface area contributed by atoms with Crippen LogP contribution >= 0.6 is 11.6 Å². The number of imidazole rings is 1. The summed E-state index contributed by atoms with van der Waals surface area (Å²) in [6.07, 6.45) is 0. The Labute approximate surface area is 76.3 Å². The molecule has 0 amide bonds. The second-order valence-corrected chi connectivity index (χ2v) is 2.63. The van der Waals surface area contributed by atoms with E-state index in [0.717, 1.165) is 0 Å². The lowest BCUT2D eigenvalue weighted by atomic mass is 10.5. The van der Waals surface area contributed by atoms with Crippen LogP contribution in [0, 0.1) is 0 Å². The SMILES string of the molecule is NNc1nc(Cl)nc2[nH]c(=O)[nH]c12. The van der Waals surface area contributed by atoms with E-state index in [0.29, 0.717) is 11.2 Å². The number of halogens is 1. The number of hydrazine groups is 1. The Morgan fingerprint density at radius 1 is 1.38 bits per heavy atom. The highest BCUT2D eigenvalue weighted by molar-refractivity contribution is 6.28. The quantitative estimate of drug-likeness (QED) is 0.284. The van der Waals surface area contributed by atoms with Crippen molar-refractivity contribution in [2.45, 2.75) is 0 Å². The normalized spacial score (nSPS) is 10.6. The molecule has 2 aromatic heterocycles. The van der Waals surface area contributed by atoms with Gasteiger partial charge in [-0.3, -0.25) is 4.98 Å². The molecular weight excluding hydrogens is 196 g/mol. The lowest BCUT2D eigenvalue weighted by Crippen LogP contribution is -2.09. The molecule has 0 radical (unpaired) electrons. The van der Waals surface area contributed by atoms with Crippen molar-refractivity contribution in [1.29, 1.82) is 0 Å². The summed E-state index contributed by atoms with van der Waals surface area (Å²) in [5, 5.41) is 0.00991. The number of aromatic nitrogens is 4. The van der Waals surface area contributed by atoms with Gasteiger partial charge in [-0.1, -0.05) is 0 Å². The molecule has 5 N–H and O–H groups in total. The monoisotopic (exact) mass is 200 g/mol. The summed E-state index contributed by atoms with van der Waals surface area (Å²) < 4.78 is 0. The van der Waals surface area contributed by atoms with Crippen LogP contribution in [0.15, 0.2) is 4.79 Å². The Bertz CT molecular complexity index is 501. The zero-order valence-electron chi connectivity index (χ0n) is 6.26. The molecular formula is C5H5ClN6O. The number of nitrogen functional groups attached to an aromatic ring is 1. The van der Waals surface area contributed by atoms with Gasteiger partial charge in [0, 0.05) is 0 Å². The first-order chi connectivity index (χ1) is 6.20. The van der Waals surface area contributed by atoms with Crippen LogP contribution in [-0.4, -0.2) is 19.9 Å². The number of fused-ring (bicyclic) bond motifs is 1. The maximum atomic E-state index is 10.9. The van der Waals surface area contributed by atoms with Crippen LogP contribution in [0.4, 0.5) is 5.82 Å². The first-order valence-corrected chi connectivity index (χ1v) is 3.70. The number of H-pyrrole nitrogens is 2. The smallest absolute Gasteiger partial charge is 0.307 e. The van der Waals surface area contributed by atoms with E-state index in [9.17, 15) is 4.79 Å². The third-order valence-electron chi connectivity index (χ3n) is 1.49. The number of nitrogens with zero attached hydrogens (tertiary/aromatic N) is 2. The van der Waals surface area contributed by atoms with Crippen molar-refractivity contribution >= 4 is 28.6 Å². The lowest BCUT2D eigenvalue weighted by molar-refractivity contribution is 1.16. The summed E-state index contributed by atoms with van der Waals surface area (Å²) in [6.45, 7) is 0. The van der Waals surface area contributed by atoms with E-state index in [1.807, 2.05) is 0 Å². The van der Waals surface area contributed by atoms with Gasteiger partial charge in [-0.2, -0.15) is 9.97 Å². The molecule has 2 rings (SSSR count). The van der Waals surface area contributed by atoms with Gasteiger partial charge in [0.05, 0.1) is 0 Å². The van der Waals surface area contributed by atoms with Crippen molar-refractivity contribution in [2.24, 2.45) is 5.84 Å². The fraction of sp³-hybridized carbons (Fsp3) is 0. The van der Waals surface area contributed by atoms with Crippen molar-refractivity contribution in [3.63, 3.8) is 0 Å². The Balaban J connectivity index is 2.88. The first-order valence-electron chi connectivity index (χ1n) is 3.33. The minimum absolute atomic E-state index is 0.00991. The molecule has 0 aliphatic heterocycles. The molecule has 8 heteroatoms. The molecule has 0 spiro atoms. The van der Waals surface area contributed by atoms with Crippen LogP contribution in [0.5, 0.6) is 0 Å². The predicted octanol–water partition coefficient (Wildman–Crippen LogP) is -0.415. The molecule has 7 nitrogen and oxygen atoms in total. The second kappa shape index (κ2) is 2.71. The van der Waals surface area contributed by atoms with Gasteiger partial charge in [0.25, 0.3) is 0 Å². The number of nitrogens with two attached hydrogens (primary N) is 1.